The van der Waals surface area contributed by atoms with Gasteiger partial charge in [0.2, 0.25) is 0 Å². The van der Waals surface area contributed by atoms with E-state index in [4.69, 9.17) is 4.74 Å². The van der Waals surface area contributed by atoms with Crippen molar-refractivity contribution in [1.82, 2.24) is 10.2 Å². The van der Waals surface area contributed by atoms with E-state index in [-0.39, 0.29) is 0 Å². The van der Waals surface area contributed by atoms with E-state index in [1.165, 1.54) is 32.4 Å². The second kappa shape index (κ2) is 7.39. The molecule has 0 saturated carbocycles. The van der Waals surface area contributed by atoms with E-state index >= 15 is 0 Å². The molecule has 0 amide bonds. The largest absolute Gasteiger partial charge is 0.492 e. The number of nitrogens with one attached hydrogen (secondary N) is 1. The molecule has 0 bridgehead atoms. The van der Waals surface area contributed by atoms with E-state index < -0.39 is 0 Å². The highest BCUT2D eigenvalue weighted by atomic mass is 16.5. The van der Waals surface area contributed by atoms with Crippen LogP contribution in [0.15, 0.2) is 30.3 Å². The van der Waals surface area contributed by atoms with E-state index in [2.05, 4.69) is 17.3 Å². The Bertz CT molecular complexity index is 329. The topological polar surface area (TPSA) is 24.5 Å². The molecule has 3 heteroatoms. The molecule has 0 radical (unpaired) electrons. The first-order valence-corrected chi connectivity index (χ1v) is 6.94. The van der Waals surface area contributed by atoms with Crippen molar-refractivity contribution in [2.75, 3.05) is 33.3 Å². The monoisotopic (exact) mass is 248 g/mol. The van der Waals surface area contributed by atoms with Crippen LogP contribution in [0, 0.1) is 0 Å². The molecule has 1 aromatic rings. The van der Waals surface area contributed by atoms with Crippen molar-refractivity contribution in [3.05, 3.63) is 30.3 Å². The Kier molecular flexibility index (Phi) is 5.49. The van der Waals surface area contributed by atoms with Crippen molar-refractivity contribution in [3.8, 4) is 5.75 Å². The molecule has 18 heavy (non-hydrogen) atoms. The zero-order valence-corrected chi connectivity index (χ0v) is 11.3. The van der Waals surface area contributed by atoms with Crippen molar-refractivity contribution < 1.29 is 4.74 Å². The molecule has 1 fully saturated rings. The molecule has 0 aliphatic carbocycles. The van der Waals surface area contributed by atoms with E-state index in [1.807, 2.05) is 30.3 Å². The predicted molar refractivity (Wildman–Crippen MR) is 75.1 cm³/mol. The summed E-state index contributed by atoms with van der Waals surface area (Å²) in [5.74, 6) is 0.958. The third kappa shape index (κ3) is 4.67. The maximum Gasteiger partial charge on any atom is 0.119 e. The number of nitrogens with zero attached hydrogens (tertiary/aromatic N) is 1. The van der Waals surface area contributed by atoms with Gasteiger partial charge < -0.3 is 15.0 Å². The third-order valence-electron chi connectivity index (χ3n) is 3.50. The van der Waals surface area contributed by atoms with E-state index in [0.717, 1.165) is 18.9 Å². The number of para-hydroxylation sites is 1. The molecule has 1 aromatic carbocycles. The fourth-order valence-electron chi connectivity index (χ4n) is 2.39. The first-order chi connectivity index (χ1) is 8.84. The fraction of sp³-hybridized carbons (Fsp3) is 0.600. The number of ether oxygens (including phenoxy) is 1. The van der Waals surface area contributed by atoms with Crippen LogP contribution in [0.2, 0.25) is 0 Å². The highest BCUT2D eigenvalue weighted by Gasteiger charge is 2.13. The number of hydrogen-bond donors (Lipinski definition) is 1. The molecule has 1 unspecified atom stereocenters. The smallest absolute Gasteiger partial charge is 0.119 e. The van der Waals surface area contributed by atoms with Crippen molar-refractivity contribution in [2.24, 2.45) is 0 Å². The van der Waals surface area contributed by atoms with Gasteiger partial charge in [-0.15, -0.1) is 0 Å². The Labute approximate surface area is 110 Å². The number of hydrogen-bond acceptors (Lipinski definition) is 3. The van der Waals surface area contributed by atoms with Crippen LogP contribution in [0.5, 0.6) is 5.75 Å². The van der Waals surface area contributed by atoms with Crippen molar-refractivity contribution in [3.63, 3.8) is 0 Å². The first-order valence-electron chi connectivity index (χ1n) is 6.94. The van der Waals surface area contributed by atoms with Gasteiger partial charge in [0.25, 0.3) is 0 Å². The van der Waals surface area contributed by atoms with Crippen LogP contribution in [-0.4, -0.2) is 44.2 Å². The number of benzene rings is 1. The number of likely N-dealkylation sites (tertiary alicyclic amines) is 1. The van der Waals surface area contributed by atoms with Gasteiger partial charge in [0.1, 0.15) is 12.4 Å². The number of rotatable bonds is 5. The Hall–Kier alpha value is -1.06. The Morgan fingerprint density at radius 3 is 2.89 bits per heavy atom. The van der Waals surface area contributed by atoms with Gasteiger partial charge in [-0.25, -0.2) is 0 Å². The van der Waals surface area contributed by atoms with Crippen LogP contribution in [0.4, 0.5) is 0 Å². The molecule has 0 spiro atoms. The lowest BCUT2D eigenvalue weighted by molar-refractivity contribution is 0.298. The minimum atomic E-state index is 0.661. The quantitative estimate of drug-likeness (QED) is 0.808. The maximum atomic E-state index is 5.68. The Morgan fingerprint density at radius 1 is 1.22 bits per heavy atom. The molecule has 1 heterocycles. The molecule has 1 saturated heterocycles. The molecule has 1 atom stereocenters. The third-order valence-corrected chi connectivity index (χ3v) is 3.50. The minimum absolute atomic E-state index is 0.661. The molecular formula is C15H24N2O. The lowest BCUT2D eigenvalue weighted by Crippen LogP contribution is -2.33. The summed E-state index contributed by atoms with van der Waals surface area (Å²) >= 11 is 0. The van der Waals surface area contributed by atoms with Gasteiger partial charge in [0.15, 0.2) is 0 Å². The van der Waals surface area contributed by atoms with E-state index in [0.29, 0.717) is 6.04 Å². The summed E-state index contributed by atoms with van der Waals surface area (Å²) in [5, 5.41) is 3.60. The summed E-state index contributed by atoms with van der Waals surface area (Å²) < 4.78 is 5.68. The second-order valence-electron chi connectivity index (χ2n) is 5.05. The van der Waals surface area contributed by atoms with Crippen LogP contribution < -0.4 is 10.1 Å². The fourth-order valence-corrected chi connectivity index (χ4v) is 2.39. The standard InChI is InChI=1S/C15H24N2O/c1-17-11-5-6-14(9-12-17)16-10-13-18-15-7-3-2-4-8-15/h2-4,7-8,14,16H,5-6,9-13H2,1H3. The van der Waals surface area contributed by atoms with Gasteiger partial charge in [0, 0.05) is 12.6 Å². The zero-order chi connectivity index (χ0) is 12.6. The van der Waals surface area contributed by atoms with Gasteiger partial charge in [-0.1, -0.05) is 18.2 Å². The van der Waals surface area contributed by atoms with Crippen LogP contribution in [0.25, 0.3) is 0 Å². The van der Waals surface area contributed by atoms with Gasteiger partial charge in [-0.05, 0) is 51.5 Å². The van der Waals surface area contributed by atoms with Crippen molar-refractivity contribution >= 4 is 0 Å². The van der Waals surface area contributed by atoms with Gasteiger partial charge >= 0.3 is 0 Å². The Morgan fingerprint density at radius 2 is 2.06 bits per heavy atom. The van der Waals surface area contributed by atoms with Crippen LogP contribution in [0.3, 0.4) is 0 Å². The molecule has 1 aliphatic heterocycles. The van der Waals surface area contributed by atoms with Crippen LogP contribution >= 0.6 is 0 Å². The first kappa shape index (κ1) is 13.4. The van der Waals surface area contributed by atoms with E-state index in [9.17, 15) is 0 Å². The molecule has 100 valence electrons. The van der Waals surface area contributed by atoms with Crippen molar-refractivity contribution in [1.29, 1.82) is 0 Å². The normalized spacial score (nSPS) is 21.5. The summed E-state index contributed by atoms with van der Waals surface area (Å²) in [7, 11) is 2.21. The average Bonchev–Trinajstić information content (AvgIpc) is 2.61. The highest BCUT2D eigenvalue weighted by molar-refractivity contribution is 5.20. The summed E-state index contributed by atoms with van der Waals surface area (Å²) in [6.45, 7) is 4.12. The lowest BCUT2D eigenvalue weighted by atomic mass is 10.1. The molecule has 3 nitrogen and oxygen atoms in total. The van der Waals surface area contributed by atoms with E-state index in [1.54, 1.807) is 0 Å². The molecular weight excluding hydrogens is 224 g/mol. The second-order valence-corrected chi connectivity index (χ2v) is 5.05. The summed E-state index contributed by atoms with van der Waals surface area (Å²) in [6.07, 6.45) is 3.84. The molecule has 2 rings (SSSR count). The SMILES string of the molecule is CN1CCCC(NCCOc2ccccc2)CC1. The Balaban J connectivity index is 1.60. The predicted octanol–water partition coefficient (Wildman–Crippen LogP) is 2.14. The van der Waals surface area contributed by atoms with Crippen LogP contribution in [-0.2, 0) is 0 Å². The molecule has 0 aromatic heterocycles. The lowest BCUT2D eigenvalue weighted by Gasteiger charge is -2.17. The summed E-state index contributed by atoms with van der Waals surface area (Å²) in [5.41, 5.74) is 0. The van der Waals surface area contributed by atoms with Gasteiger partial charge in [-0.2, -0.15) is 0 Å². The summed E-state index contributed by atoms with van der Waals surface area (Å²) in [4.78, 5) is 2.42. The van der Waals surface area contributed by atoms with Crippen molar-refractivity contribution in [2.45, 2.75) is 25.3 Å². The molecule has 1 aliphatic rings. The highest BCUT2D eigenvalue weighted by Crippen LogP contribution is 2.10. The molecule has 1 N–H and O–H groups in total. The average molecular weight is 248 g/mol. The minimum Gasteiger partial charge on any atom is -0.492 e. The van der Waals surface area contributed by atoms with Gasteiger partial charge in [-0.3, -0.25) is 0 Å². The maximum absolute atomic E-state index is 5.68. The van der Waals surface area contributed by atoms with Crippen LogP contribution in [0.1, 0.15) is 19.3 Å². The zero-order valence-electron chi connectivity index (χ0n) is 11.3. The van der Waals surface area contributed by atoms with Gasteiger partial charge in [0.05, 0.1) is 0 Å². The summed E-state index contributed by atoms with van der Waals surface area (Å²) in [6, 6.07) is 10.7.